The van der Waals surface area contributed by atoms with E-state index in [0.717, 1.165) is 64.7 Å². The number of hydrogen-bond acceptors (Lipinski definition) is 8. The van der Waals surface area contributed by atoms with E-state index >= 15 is 0 Å². The monoisotopic (exact) mass is 680 g/mol. The Morgan fingerprint density at radius 3 is 2.50 bits per heavy atom. The number of urea groups is 1. The lowest BCUT2D eigenvalue weighted by Crippen LogP contribution is -2.37. The van der Waals surface area contributed by atoms with Crippen molar-refractivity contribution in [1.29, 1.82) is 0 Å². The lowest BCUT2D eigenvalue weighted by molar-refractivity contribution is -0.122. The van der Waals surface area contributed by atoms with Crippen molar-refractivity contribution in [2.24, 2.45) is 0 Å². The molecule has 3 N–H and O–H groups in total. The molecule has 5 aromatic rings. The molecule has 2 aliphatic rings. The first kappa shape index (κ1) is 34.6. The van der Waals surface area contributed by atoms with Gasteiger partial charge in [-0.1, -0.05) is 62.7 Å². The highest BCUT2D eigenvalue weighted by molar-refractivity contribution is 5.89. The molecule has 13 nitrogen and oxygen atoms in total. The third-order valence-electron chi connectivity index (χ3n) is 9.11. The van der Waals surface area contributed by atoms with Crippen molar-refractivity contribution < 1.29 is 24.2 Å². The second-order valence-electron chi connectivity index (χ2n) is 13.7. The Kier molecular flexibility index (Phi) is 10.2. The number of likely N-dealkylation sites (N-methyl/N-ethyl adjacent to an activating group) is 1. The van der Waals surface area contributed by atoms with Crippen LogP contribution < -0.4 is 15.4 Å². The second kappa shape index (κ2) is 14.7. The predicted molar refractivity (Wildman–Crippen MR) is 189 cm³/mol. The number of carbonyl (C=O) groups is 2. The second-order valence-corrected chi connectivity index (χ2v) is 13.7. The van der Waals surface area contributed by atoms with E-state index in [1.54, 1.807) is 4.68 Å². The molecule has 1 fully saturated rings. The molecule has 13 heteroatoms. The van der Waals surface area contributed by atoms with E-state index < -0.39 is 0 Å². The number of benzene rings is 2. The quantitative estimate of drug-likeness (QED) is 0.184. The van der Waals surface area contributed by atoms with Crippen LogP contribution in [0.15, 0.2) is 72.9 Å². The highest BCUT2D eigenvalue weighted by Gasteiger charge is 2.31. The van der Waals surface area contributed by atoms with Gasteiger partial charge in [-0.05, 0) is 62.2 Å². The first-order chi connectivity index (χ1) is 24.0. The normalized spacial score (nSPS) is 19.2. The van der Waals surface area contributed by atoms with Gasteiger partial charge < -0.3 is 19.9 Å². The molecule has 50 heavy (non-hydrogen) atoms. The zero-order valence-corrected chi connectivity index (χ0v) is 29.0. The van der Waals surface area contributed by atoms with Crippen molar-refractivity contribution in [1.82, 2.24) is 34.6 Å². The SMILES string of the molecule is Cc1ccc(-n2nc(C(C)(C)C)cc2NC(=O)N[C@H]2CC[C@@H](Oc3ccc4nnc([C@H]5COCCN5C)n4c3)c3ccccc32)cc1.O=CO. The Morgan fingerprint density at radius 1 is 1.04 bits per heavy atom. The van der Waals surface area contributed by atoms with Gasteiger partial charge in [0.2, 0.25) is 0 Å². The number of nitrogens with zero attached hydrogens (tertiary/aromatic N) is 6. The number of nitrogens with one attached hydrogen (secondary N) is 2. The summed E-state index contributed by atoms with van der Waals surface area (Å²) >= 11 is 0. The third kappa shape index (κ3) is 7.48. The van der Waals surface area contributed by atoms with Crippen LogP contribution in [0.25, 0.3) is 11.3 Å². The number of rotatable bonds is 6. The van der Waals surface area contributed by atoms with E-state index in [1.807, 2.05) is 65.2 Å². The number of carboxylic acid groups (broad SMARTS) is 1. The minimum Gasteiger partial charge on any atom is -0.484 e. The van der Waals surface area contributed by atoms with Gasteiger partial charge in [-0.3, -0.25) is 19.4 Å². The summed E-state index contributed by atoms with van der Waals surface area (Å²) in [5.41, 5.74) is 5.65. The van der Waals surface area contributed by atoms with E-state index in [1.165, 1.54) is 0 Å². The van der Waals surface area contributed by atoms with E-state index in [9.17, 15) is 4.79 Å². The topological polar surface area (TPSA) is 148 Å². The fourth-order valence-corrected chi connectivity index (χ4v) is 6.36. The van der Waals surface area contributed by atoms with Crippen molar-refractivity contribution in [2.45, 2.75) is 64.1 Å². The van der Waals surface area contributed by atoms with Crippen molar-refractivity contribution >= 4 is 24.0 Å². The minimum atomic E-state index is -0.278. The Bertz CT molecular complexity index is 1950. The Labute approximate surface area is 291 Å². The van der Waals surface area contributed by atoms with Gasteiger partial charge in [0, 0.05) is 18.0 Å². The summed E-state index contributed by atoms with van der Waals surface area (Å²) in [6.07, 6.45) is 3.27. The van der Waals surface area contributed by atoms with Crippen molar-refractivity contribution in [2.75, 3.05) is 32.1 Å². The van der Waals surface area contributed by atoms with Gasteiger partial charge in [0.15, 0.2) is 11.5 Å². The maximum Gasteiger partial charge on any atom is 0.320 e. The average Bonchev–Trinajstić information content (AvgIpc) is 3.71. The first-order valence-electron chi connectivity index (χ1n) is 16.8. The van der Waals surface area contributed by atoms with Crippen LogP contribution in [-0.2, 0) is 14.9 Å². The summed E-state index contributed by atoms with van der Waals surface area (Å²) in [6, 6.07) is 21.7. The van der Waals surface area contributed by atoms with Crippen LogP contribution in [0.4, 0.5) is 10.6 Å². The molecule has 2 amide bonds. The van der Waals surface area contributed by atoms with Gasteiger partial charge in [-0.15, -0.1) is 10.2 Å². The number of pyridine rings is 1. The number of fused-ring (bicyclic) bond motifs is 2. The molecule has 0 spiro atoms. The first-order valence-corrected chi connectivity index (χ1v) is 16.8. The molecular weight excluding hydrogens is 636 g/mol. The van der Waals surface area contributed by atoms with Gasteiger partial charge in [-0.2, -0.15) is 5.10 Å². The maximum absolute atomic E-state index is 13.5. The number of aromatic nitrogens is 5. The molecule has 262 valence electrons. The fourth-order valence-electron chi connectivity index (χ4n) is 6.36. The van der Waals surface area contributed by atoms with Crippen LogP contribution in [0.5, 0.6) is 5.75 Å². The maximum atomic E-state index is 13.5. The molecule has 0 radical (unpaired) electrons. The lowest BCUT2D eigenvalue weighted by Gasteiger charge is -2.32. The molecule has 3 aromatic heterocycles. The lowest BCUT2D eigenvalue weighted by atomic mass is 9.85. The van der Waals surface area contributed by atoms with Gasteiger partial charge in [0.1, 0.15) is 17.7 Å². The summed E-state index contributed by atoms with van der Waals surface area (Å²) in [4.78, 5) is 24.1. The number of morpholine rings is 1. The number of hydrogen-bond donors (Lipinski definition) is 3. The van der Waals surface area contributed by atoms with E-state index in [4.69, 9.17) is 24.5 Å². The third-order valence-corrected chi connectivity index (χ3v) is 9.11. The summed E-state index contributed by atoms with van der Waals surface area (Å²) in [5.74, 6) is 2.20. The largest absolute Gasteiger partial charge is 0.484 e. The summed E-state index contributed by atoms with van der Waals surface area (Å²) in [7, 11) is 2.08. The summed E-state index contributed by atoms with van der Waals surface area (Å²) in [5, 5.41) is 26.9. The standard InChI is InChI=1S/C36H42N8O3.CH2O2/c1-23-10-12-24(13-11-23)44-33(20-31(41-44)36(2,3)4)38-35(45)37-28-15-16-30(27-9-7-6-8-26(27)28)47-25-14-17-32-39-40-34(43(32)21-25)29-22-46-19-18-42(29)5;2-1-3/h6-14,17,20-21,28-30H,15-16,18-19,22H2,1-5H3,(H2,37,38,45);1H,(H,2,3)/t28-,29+,30+;/m0./s1. The van der Waals surface area contributed by atoms with E-state index in [2.05, 4.69) is 72.6 Å². The molecule has 1 aliphatic carbocycles. The fraction of sp³-hybridized carbons (Fsp3) is 0.378. The highest BCUT2D eigenvalue weighted by atomic mass is 16.5. The van der Waals surface area contributed by atoms with Crippen molar-refractivity contribution in [3.63, 3.8) is 0 Å². The summed E-state index contributed by atoms with van der Waals surface area (Å²) < 4.78 is 16.2. The molecule has 0 saturated carbocycles. The zero-order chi connectivity index (χ0) is 35.4. The molecule has 1 saturated heterocycles. The summed E-state index contributed by atoms with van der Waals surface area (Å²) in [6.45, 7) is 10.3. The van der Waals surface area contributed by atoms with Gasteiger partial charge in [0.05, 0.1) is 42.9 Å². The minimum absolute atomic E-state index is 0.0259. The van der Waals surface area contributed by atoms with Crippen molar-refractivity contribution in [3.05, 3.63) is 101 Å². The van der Waals surface area contributed by atoms with Crippen molar-refractivity contribution in [3.8, 4) is 11.4 Å². The smallest absolute Gasteiger partial charge is 0.320 e. The molecule has 0 unspecified atom stereocenters. The predicted octanol–water partition coefficient (Wildman–Crippen LogP) is 6.00. The van der Waals surface area contributed by atoms with Crippen LogP contribution in [0.1, 0.15) is 80.0 Å². The van der Waals surface area contributed by atoms with Crippen LogP contribution in [0, 0.1) is 6.92 Å². The molecule has 2 aromatic carbocycles. The van der Waals surface area contributed by atoms with Gasteiger partial charge in [-0.25, -0.2) is 9.48 Å². The van der Waals surface area contributed by atoms with E-state index in [0.29, 0.717) is 19.0 Å². The van der Waals surface area contributed by atoms with Crippen LogP contribution >= 0.6 is 0 Å². The number of carbonyl (C=O) groups excluding carboxylic acids is 1. The van der Waals surface area contributed by atoms with Gasteiger partial charge >= 0.3 is 6.03 Å². The van der Waals surface area contributed by atoms with Gasteiger partial charge in [0.25, 0.3) is 6.47 Å². The molecular formula is C37H44N8O5. The molecule has 0 bridgehead atoms. The number of ether oxygens (including phenoxy) is 2. The highest BCUT2D eigenvalue weighted by Crippen LogP contribution is 2.39. The van der Waals surface area contributed by atoms with E-state index in [-0.39, 0.29) is 36.1 Å². The molecule has 1 aliphatic heterocycles. The Morgan fingerprint density at radius 2 is 1.78 bits per heavy atom. The number of amides is 2. The molecule has 4 heterocycles. The average molecular weight is 681 g/mol. The Balaban J connectivity index is 0.00000139. The molecule has 3 atom stereocenters. The number of aryl methyl sites for hydroxylation is 1. The Hall–Kier alpha value is -5.27. The van der Waals surface area contributed by atoms with Crippen LogP contribution in [-0.4, -0.2) is 73.7 Å². The molecule has 7 rings (SSSR count). The van der Waals surface area contributed by atoms with Crippen LogP contribution in [0.2, 0.25) is 0 Å². The van der Waals surface area contributed by atoms with Crippen LogP contribution in [0.3, 0.4) is 0 Å². The zero-order valence-electron chi connectivity index (χ0n) is 29.0. The number of anilines is 1.